The third kappa shape index (κ3) is 34.9. The molecule has 0 radical (unpaired) electrons. The smallest absolute Gasteiger partial charge is 0.407 e. The number of carbonyl (C=O) groups is 1. The fourth-order valence-corrected chi connectivity index (χ4v) is 2.85. The maximum Gasteiger partial charge on any atom is 0.407 e. The van der Waals surface area contributed by atoms with Crippen molar-refractivity contribution in [2.75, 3.05) is 125 Å². The van der Waals surface area contributed by atoms with Crippen LogP contribution in [0.2, 0.25) is 0 Å². The maximum atomic E-state index is 11.5. The lowest BCUT2D eigenvalue weighted by molar-refractivity contribution is -0.0250. The number of unbranched alkanes of at least 4 members (excludes halogenated alkanes) is 2. The molecule has 12 nitrogen and oxygen atoms in total. The first-order chi connectivity index (χ1) is 19.5. The molecule has 1 N–H and O–H groups in total. The van der Waals surface area contributed by atoms with Crippen molar-refractivity contribution < 1.29 is 52.2 Å². The average Bonchev–Trinajstić information content (AvgIpc) is 2.90. The lowest BCUT2D eigenvalue weighted by atomic mass is 10.2. The number of rotatable bonds is 31. The summed E-state index contributed by atoms with van der Waals surface area (Å²) in [4.78, 5) is 11.5. The summed E-state index contributed by atoms with van der Waals surface area (Å²) in [7, 11) is 0. The van der Waals surface area contributed by atoms with Crippen molar-refractivity contribution in [3.05, 3.63) is 0 Å². The standard InChI is InChI=1S/C28H57NO11/c1-5-6-7-9-31-11-13-33-15-17-35-19-21-37-23-25-39-26-24-38-22-20-36-18-16-34-14-12-32-10-8-29-27(30)40-28(2,3)4/h5-26H2,1-4H3,(H,29,30). The molecule has 0 fully saturated rings. The molecule has 12 heteroatoms. The molecule has 0 aromatic carbocycles. The first-order valence-corrected chi connectivity index (χ1v) is 14.6. The summed E-state index contributed by atoms with van der Waals surface area (Å²) in [6.45, 7) is 17.6. The van der Waals surface area contributed by atoms with E-state index in [1.165, 1.54) is 12.8 Å². The van der Waals surface area contributed by atoms with Crippen LogP contribution in [0.1, 0.15) is 47.0 Å². The van der Waals surface area contributed by atoms with E-state index in [4.69, 9.17) is 47.4 Å². The SMILES string of the molecule is CCCCCOCCOCCOCCOCCOCCOCCOCCOCCOCCNC(=O)OC(C)(C)C. The number of hydrogen-bond acceptors (Lipinski definition) is 11. The molecule has 0 rings (SSSR count). The Kier molecular flexibility index (Phi) is 30.0. The highest BCUT2D eigenvalue weighted by Gasteiger charge is 2.15. The molecule has 0 aromatic heterocycles. The summed E-state index contributed by atoms with van der Waals surface area (Å²) in [5.74, 6) is 0. The predicted octanol–water partition coefficient (Wildman–Crippen LogP) is 2.85. The molecule has 0 bridgehead atoms. The number of amides is 1. The minimum atomic E-state index is -0.506. The minimum absolute atomic E-state index is 0.388. The van der Waals surface area contributed by atoms with Gasteiger partial charge in [0.1, 0.15) is 5.60 Å². The van der Waals surface area contributed by atoms with E-state index < -0.39 is 11.7 Å². The topological polar surface area (TPSA) is 121 Å². The van der Waals surface area contributed by atoms with Gasteiger partial charge in [-0.2, -0.15) is 0 Å². The zero-order chi connectivity index (χ0) is 29.4. The van der Waals surface area contributed by atoms with Crippen LogP contribution in [0.15, 0.2) is 0 Å². The molecule has 40 heavy (non-hydrogen) atoms. The highest BCUT2D eigenvalue weighted by atomic mass is 16.6. The molecule has 0 aliphatic carbocycles. The van der Waals surface area contributed by atoms with Gasteiger partial charge in [0.2, 0.25) is 0 Å². The van der Waals surface area contributed by atoms with E-state index in [1.54, 1.807) is 0 Å². The van der Waals surface area contributed by atoms with Gasteiger partial charge in [-0.05, 0) is 27.2 Å². The molecular weight excluding hydrogens is 526 g/mol. The maximum absolute atomic E-state index is 11.5. The second kappa shape index (κ2) is 30.9. The molecule has 0 atom stereocenters. The van der Waals surface area contributed by atoms with E-state index in [9.17, 15) is 4.79 Å². The zero-order valence-electron chi connectivity index (χ0n) is 25.5. The number of hydrogen-bond donors (Lipinski definition) is 1. The van der Waals surface area contributed by atoms with Gasteiger partial charge in [0.05, 0.1) is 112 Å². The number of carbonyl (C=O) groups excluding carboxylic acids is 1. The molecule has 0 aliphatic rings. The molecule has 240 valence electrons. The van der Waals surface area contributed by atoms with Crippen LogP contribution in [0, 0.1) is 0 Å². The summed E-state index contributed by atoms with van der Waals surface area (Å²) in [5.41, 5.74) is -0.506. The van der Waals surface area contributed by atoms with Gasteiger partial charge >= 0.3 is 6.09 Å². The number of ether oxygens (including phenoxy) is 10. The Balaban J connectivity index is 3.09. The zero-order valence-corrected chi connectivity index (χ0v) is 25.5. The normalized spacial score (nSPS) is 11.7. The minimum Gasteiger partial charge on any atom is -0.444 e. The fourth-order valence-electron chi connectivity index (χ4n) is 2.85. The van der Waals surface area contributed by atoms with E-state index in [1.807, 2.05) is 20.8 Å². The molecule has 0 saturated heterocycles. The molecule has 0 aromatic rings. The van der Waals surface area contributed by atoms with Gasteiger partial charge in [0.25, 0.3) is 0 Å². The molecular formula is C28H57NO11. The second-order valence-corrected chi connectivity index (χ2v) is 9.65. The van der Waals surface area contributed by atoms with Crippen molar-refractivity contribution in [3.8, 4) is 0 Å². The van der Waals surface area contributed by atoms with Crippen LogP contribution in [-0.2, 0) is 47.4 Å². The third-order valence-corrected chi connectivity index (χ3v) is 4.78. The monoisotopic (exact) mass is 583 g/mol. The van der Waals surface area contributed by atoms with Crippen LogP contribution in [0.3, 0.4) is 0 Å². The highest BCUT2D eigenvalue weighted by molar-refractivity contribution is 5.67. The quantitative estimate of drug-likeness (QED) is 0.121. The lowest BCUT2D eigenvalue weighted by Crippen LogP contribution is -2.34. The Labute approximate surface area is 241 Å². The van der Waals surface area contributed by atoms with Crippen LogP contribution < -0.4 is 5.32 Å². The summed E-state index contributed by atoms with van der Waals surface area (Å²) >= 11 is 0. The van der Waals surface area contributed by atoms with Crippen molar-refractivity contribution in [2.45, 2.75) is 52.6 Å². The van der Waals surface area contributed by atoms with Crippen LogP contribution in [0.4, 0.5) is 4.79 Å². The lowest BCUT2D eigenvalue weighted by Gasteiger charge is -2.19. The Hall–Kier alpha value is -1.09. The Bertz CT molecular complexity index is 521. The van der Waals surface area contributed by atoms with Gasteiger partial charge in [0, 0.05) is 13.2 Å². The third-order valence-electron chi connectivity index (χ3n) is 4.78. The highest BCUT2D eigenvalue weighted by Crippen LogP contribution is 2.06. The van der Waals surface area contributed by atoms with Gasteiger partial charge in [-0.1, -0.05) is 19.8 Å². The fraction of sp³-hybridized carbons (Fsp3) is 0.964. The van der Waals surface area contributed by atoms with Gasteiger partial charge in [-0.15, -0.1) is 0 Å². The molecule has 1 amide bonds. The predicted molar refractivity (Wildman–Crippen MR) is 151 cm³/mol. The van der Waals surface area contributed by atoms with Crippen LogP contribution in [0.5, 0.6) is 0 Å². The van der Waals surface area contributed by atoms with Crippen LogP contribution in [-0.4, -0.2) is 137 Å². The van der Waals surface area contributed by atoms with E-state index in [0.717, 1.165) is 13.0 Å². The largest absolute Gasteiger partial charge is 0.444 e. The van der Waals surface area contributed by atoms with E-state index in [2.05, 4.69) is 12.2 Å². The van der Waals surface area contributed by atoms with Crippen molar-refractivity contribution >= 4 is 6.09 Å². The summed E-state index contributed by atoms with van der Waals surface area (Å²) in [6.07, 6.45) is 3.09. The first-order valence-electron chi connectivity index (χ1n) is 14.6. The molecule has 0 heterocycles. The Morgan fingerprint density at radius 2 is 0.775 bits per heavy atom. The van der Waals surface area contributed by atoms with Crippen molar-refractivity contribution in [1.29, 1.82) is 0 Å². The van der Waals surface area contributed by atoms with Gasteiger partial charge in [-0.3, -0.25) is 0 Å². The van der Waals surface area contributed by atoms with Crippen molar-refractivity contribution in [3.63, 3.8) is 0 Å². The molecule has 0 spiro atoms. The number of nitrogens with one attached hydrogen (secondary N) is 1. The average molecular weight is 584 g/mol. The van der Waals surface area contributed by atoms with E-state index >= 15 is 0 Å². The Morgan fingerprint density at radius 3 is 1.07 bits per heavy atom. The van der Waals surface area contributed by atoms with Gasteiger partial charge in [0.15, 0.2) is 0 Å². The van der Waals surface area contributed by atoms with Crippen molar-refractivity contribution in [2.24, 2.45) is 0 Å². The van der Waals surface area contributed by atoms with Gasteiger partial charge in [-0.25, -0.2) is 4.79 Å². The summed E-state index contributed by atoms with van der Waals surface area (Å²) in [5, 5.41) is 2.63. The van der Waals surface area contributed by atoms with Gasteiger partial charge < -0.3 is 52.7 Å². The summed E-state index contributed by atoms with van der Waals surface area (Å²) in [6, 6.07) is 0. The van der Waals surface area contributed by atoms with Crippen LogP contribution in [0.25, 0.3) is 0 Å². The summed E-state index contributed by atoms with van der Waals surface area (Å²) < 4.78 is 54.1. The Morgan fingerprint density at radius 1 is 0.475 bits per heavy atom. The molecule has 0 unspecified atom stereocenters. The molecule has 0 saturated carbocycles. The van der Waals surface area contributed by atoms with E-state index in [0.29, 0.717) is 119 Å². The second-order valence-electron chi connectivity index (χ2n) is 9.65. The van der Waals surface area contributed by atoms with Crippen molar-refractivity contribution in [1.82, 2.24) is 5.32 Å². The molecule has 0 aliphatic heterocycles. The first kappa shape index (κ1) is 38.9. The van der Waals surface area contributed by atoms with E-state index in [-0.39, 0.29) is 0 Å². The van der Waals surface area contributed by atoms with Crippen LogP contribution >= 0.6 is 0 Å². The number of alkyl carbamates (subject to hydrolysis) is 1.